The average molecular weight is 224 g/mol. The number of unbranched alkanes of at least 4 members (excludes halogenated alkanes) is 7. The molecule has 2 nitrogen and oxygen atoms in total. The Morgan fingerprint density at radius 2 is 1.50 bits per heavy atom. The number of hydrogen-bond donors (Lipinski definition) is 1. The fourth-order valence-electron chi connectivity index (χ4n) is 1.56. The molecule has 0 aliphatic carbocycles. The summed E-state index contributed by atoms with van der Waals surface area (Å²) in [6.45, 7) is 3.70. The lowest BCUT2D eigenvalue weighted by Gasteiger charge is -1.98. The standard InChI is InChI=1S/C14H24O2/c1-2-3-4-5-6-7-8-9-10-11-12-13-14(15)16/h2,11-12H,1,3-10,13H2,(H,15,16)/b12-11+. The van der Waals surface area contributed by atoms with Crippen LogP contribution in [0.2, 0.25) is 0 Å². The zero-order valence-corrected chi connectivity index (χ0v) is 10.2. The van der Waals surface area contributed by atoms with Gasteiger partial charge in [0.05, 0.1) is 6.42 Å². The average Bonchev–Trinajstić information content (AvgIpc) is 2.25. The Morgan fingerprint density at radius 1 is 0.938 bits per heavy atom. The van der Waals surface area contributed by atoms with Crippen molar-refractivity contribution in [2.75, 3.05) is 0 Å². The molecule has 0 atom stereocenters. The summed E-state index contributed by atoms with van der Waals surface area (Å²) < 4.78 is 0. The van der Waals surface area contributed by atoms with Crippen molar-refractivity contribution >= 4 is 5.97 Å². The molecular weight excluding hydrogens is 200 g/mol. The topological polar surface area (TPSA) is 37.3 Å². The molecule has 2 heteroatoms. The van der Waals surface area contributed by atoms with E-state index in [4.69, 9.17) is 5.11 Å². The van der Waals surface area contributed by atoms with Crippen molar-refractivity contribution in [3.63, 3.8) is 0 Å². The number of hydrogen-bond acceptors (Lipinski definition) is 1. The maximum atomic E-state index is 10.2. The van der Waals surface area contributed by atoms with Crippen molar-refractivity contribution in [2.45, 2.75) is 57.8 Å². The summed E-state index contributed by atoms with van der Waals surface area (Å²) >= 11 is 0. The SMILES string of the molecule is C=CCCCCCCCC/C=C/CC(=O)O. The van der Waals surface area contributed by atoms with Gasteiger partial charge in [0.25, 0.3) is 0 Å². The Labute approximate surface area is 99.1 Å². The number of aliphatic carboxylic acids is 1. The van der Waals surface area contributed by atoms with Crippen LogP contribution < -0.4 is 0 Å². The van der Waals surface area contributed by atoms with Gasteiger partial charge in [0.15, 0.2) is 0 Å². The van der Waals surface area contributed by atoms with E-state index in [2.05, 4.69) is 6.58 Å². The monoisotopic (exact) mass is 224 g/mol. The first-order valence-corrected chi connectivity index (χ1v) is 6.25. The lowest BCUT2D eigenvalue weighted by molar-refractivity contribution is -0.136. The van der Waals surface area contributed by atoms with E-state index in [0.717, 1.165) is 12.8 Å². The molecule has 0 saturated carbocycles. The van der Waals surface area contributed by atoms with Crippen LogP contribution in [0, 0.1) is 0 Å². The van der Waals surface area contributed by atoms with Crippen LogP contribution in [0.25, 0.3) is 0 Å². The first kappa shape index (κ1) is 14.9. The number of carbonyl (C=O) groups is 1. The van der Waals surface area contributed by atoms with E-state index in [1.54, 1.807) is 6.08 Å². The number of carboxylic acid groups (broad SMARTS) is 1. The van der Waals surface area contributed by atoms with Crippen molar-refractivity contribution in [2.24, 2.45) is 0 Å². The molecule has 0 aromatic carbocycles. The van der Waals surface area contributed by atoms with Gasteiger partial charge in [-0.15, -0.1) is 6.58 Å². The Bertz CT molecular complexity index is 207. The predicted molar refractivity (Wildman–Crippen MR) is 68.5 cm³/mol. The highest BCUT2D eigenvalue weighted by Gasteiger charge is 1.91. The van der Waals surface area contributed by atoms with E-state index in [9.17, 15) is 4.79 Å². The summed E-state index contributed by atoms with van der Waals surface area (Å²) in [5, 5.41) is 8.40. The highest BCUT2D eigenvalue weighted by molar-refractivity contribution is 5.68. The lowest BCUT2D eigenvalue weighted by Crippen LogP contribution is -1.89. The maximum Gasteiger partial charge on any atom is 0.307 e. The molecule has 0 aromatic heterocycles. The van der Waals surface area contributed by atoms with Gasteiger partial charge in [0.2, 0.25) is 0 Å². The summed E-state index contributed by atoms with van der Waals surface area (Å²) in [4.78, 5) is 10.2. The first-order valence-electron chi connectivity index (χ1n) is 6.25. The van der Waals surface area contributed by atoms with Gasteiger partial charge in [-0.1, -0.05) is 43.9 Å². The normalized spacial score (nSPS) is 10.8. The van der Waals surface area contributed by atoms with Gasteiger partial charge in [0, 0.05) is 0 Å². The fourth-order valence-corrected chi connectivity index (χ4v) is 1.56. The second-order valence-corrected chi connectivity index (χ2v) is 4.06. The lowest BCUT2D eigenvalue weighted by atomic mass is 10.1. The minimum atomic E-state index is -0.751. The number of carboxylic acids is 1. The van der Waals surface area contributed by atoms with E-state index >= 15 is 0 Å². The summed E-state index contributed by atoms with van der Waals surface area (Å²) in [6.07, 6.45) is 15.6. The molecule has 1 N–H and O–H groups in total. The Morgan fingerprint density at radius 3 is 2.06 bits per heavy atom. The molecular formula is C14H24O2. The summed E-state index contributed by atoms with van der Waals surface area (Å²) in [7, 11) is 0. The second kappa shape index (κ2) is 12.0. The van der Waals surface area contributed by atoms with Gasteiger partial charge in [-0.25, -0.2) is 0 Å². The minimum Gasteiger partial charge on any atom is -0.481 e. The van der Waals surface area contributed by atoms with E-state index in [-0.39, 0.29) is 6.42 Å². The predicted octanol–water partition coefficient (Wildman–Crippen LogP) is 4.32. The van der Waals surface area contributed by atoms with E-state index < -0.39 is 5.97 Å². The minimum absolute atomic E-state index is 0.154. The van der Waals surface area contributed by atoms with Crippen LogP contribution in [0.4, 0.5) is 0 Å². The molecule has 0 saturated heterocycles. The molecule has 0 aliphatic rings. The highest BCUT2D eigenvalue weighted by Crippen LogP contribution is 2.09. The zero-order chi connectivity index (χ0) is 12.1. The van der Waals surface area contributed by atoms with Crippen LogP contribution in [0.15, 0.2) is 24.8 Å². The van der Waals surface area contributed by atoms with E-state index in [1.807, 2.05) is 12.2 Å². The van der Waals surface area contributed by atoms with Gasteiger partial charge < -0.3 is 5.11 Å². The fraction of sp³-hybridized carbons (Fsp3) is 0.643. The van der Waals surface area contributed by atoms with Crippen molar-refractivity contribution in [1.82, 2.24) is 0 Å². The smallest absolute Gasteiger partial charge is 0.307 e. The van der Waals surface area contributed by atoms with Gasteiger partial charge in [-0.3, -0.25) is 4.79 Å². The van der Waals surface area contributed by atoms with E-state index in [1.165, 1.54) is 38.5 Å². The van der Waals surface area contributed by atoms with Crippen molar-refractivity contribution in [1.29, 1.82) is 0 Å². The van der Waals surface area contributed by atoms with Crippen molar-refractivity contribution in [3.05, 3.63) is 24.8 Å². The third kappa shape index (κ3) is 12.9. The molecule has 0 heterocycles. The molecule has 0 spiro atoms. The molecule has 0 aliphatic heterocycles. The zero-order valence-electron chi connectivity index (χ0n) is 10.2. The van der Waals surface area contributed by atoms with Crippen LogP contribution >= 0.6 is 0 Å². The largest absolute Gasteiger partial charge is 0.481 e. The molecule has 0 amide bonds. The molecule has 92 valence electrons. The van der Waals surface area contributed by atoms with E-state index in [0.29, 0.717) is 0 Å². The molecule has 0 rings (SSSR count). The molecule has 0 fully saturated rings. The Hall–Kier alpha value is -1.05. The summed E-state index contributed by atoms with van der Waals surface area (Å²) in [5.41, 5.74) is 0. The highest BCUT2D eigenvalue weighted by atomic mass is 16.4. The third-order valence-electron chi connectivity index (χ3n) is 2.49. The number of rotatable bonds is 11. The molecule has 0 aromatic rings. The quantitative estimate of drug-likeness (QED) is 0.419. The van der Waals surface area contributed by atoms with Crippen molar-refractivity contribution in [3.8, 4) is 0 Å². The van der Waals surface area contributed by atoms with Crippen LogP contribution in [-0.4, -0.2) is 11.1 Å². The Balaban J connectivity index is 3.06. The van der Waals surface area contributed by atoms with Gasteiger partial charge in [-0.2, -0.15) is 0 Å². The van der Waals surface area contributed by atoms with Gasteiger partial charge >= 0.3 is 5.97 Å². The number of allylic oxidation sites excluding steroid dienone is 2. The molecule has 16 heavy (non-hydrogen) atoms. The molecule has 0 bridgehead atoms. The van der Waals surface area contributed by atoms with Crippen LogP contribution in [-0.2, 0) is 4.79 Å². The van der Waals surface area contributed by atoms with Crippen LogP contribution in [0.3, 0.4) is 0 Å². The molecule has 0 unspecified atom stereocenters. The maximum absolute atomic E-state index is 10.2. The van der Waals surface area contributed by atoms with Crippen LogP contribution in [0.5, 0.6) is 0 Å². The second-order valence-electron chi connectivity index (χ2n) is 4.06. The van der Waals surface area contributed by atoms with Gasteiger partial charge in [0.1, 0.15) is 0 Å². The van der Waals surface area contributed by atoms with Crippen LogP contribution in [0.1, 0.15) is 57.8 Å². The summed E-state index contributed by atoms with van der Waals surface area (Å²) in [6, 6.07) is 0. The van der Waals surface area contributed by atoms with Crippen molar-refractivity contribution < 1.29 is 9.90 Å². The molecule has 0 radical (unpaired) electrons. The van der Waals surface area contributed by atoms with Gasteiger partial charge in [-0.05, 0) is 25.7 Å². The third-order valence-corrected chi connectivity index (χ3v) is 2.49. The Kier molecular flexibility index (Phi) is 11.2. The first-order chi connectivity index (χ1) is 7.77. The summed E-state index contributed by atoms with van der Waals surface area (Å²) in [5.74, 6) is -0.751.